The molecule has 0 N–H and O–H groups in total. The fraction of sp³-hybridized carbons (Fsp3) is 0.294. The SMILES string of the molecule is O=[N+]([O-])c1cc(Cl)ccc1N1CCN(Cc2cccc(F)c2F)CC1. The molecule has 0 spiro atoms. The van der Waals surface area contributed by atoms with E-state index in [0.29, 0.717) is 49.0 Å². The van der Waals surface area contributed by atoms with Gasteiger partial charge in [0.2, 0.25) is 0 Å². The van der Waals surface area contributed by atoms with Gasteiger partial charge < -0.3 is 4.90 Å². The van der Waals surface area contributed by atoms with Crippen LogP contribution in [-0.2, 0) is 6.54 Å². The molecule has 2 aromatic carbocycles. The highest BCUT2D eigenvalue weighted by molar-refractivity contribution is 6.30. The van der Waals surface area contributed by atoms with Crippen LogP contribution in [0.25, 0.3) is 0 Å². The third-order valence-electron chi connectivity index (χ3n) is 4.27. The number of hydrogen-bond donors (Lipinski definition) is 0. The first-order chi connectivity index (χ1) is 12.0. The molecule has 0 aliphatic carbocycles. The number of anilines is 1. The number of hydrogen-bond acceptors (Lipinski definition) is 4. The molecule has 8 heteroatoms. The average Bonchev–Trinajstić information content (AvgIpc) is 2.60. The van der Waals surface area contributed by atoms with Crippen LogP contribution in [0.15, 0.2) is 36.4 Å². The van der Waals surface area contributed by atoms with Gasteiger partial charge in [-0.1, -0.05) is 23.7 Å². The highest BCUT2D eigenvalue weighted by Crippen LogP contribution is 2.31. The molecule has 25 heavy (non-hydrogen) atoms. The van der Waals surface area contributed by atoms with E-state index in [1.807, 2.05) is 9.80 Å². The fourth-order valence-electron chi connectivity index (χ4n) is 2.97. The number of halogens is 3. The second-order valence-corrected chi connectivity index (χ2v) is 6.30. The number of nitro benzene ring substituents is 1. The van der Waals surface area contributed by atoms with E-state index < -0.39 is 16.6 Å². The Hall–Kier alpha value is -2.25. The quantitative estimate of drug-likeness (QED) is 0.608. The molecule has 3 rings (SSSR count). The summed E-state index contributed by atoms with van der Waals surface area (Å²) in [5.74, 6) is -1.67. The van der Waals surface area contributed by atoms with Crippen molar-refractivity contribution in [3.05, 3.63) is 68.7 Å². The Morgan fingerprint density at radius 1 is 1.12 bits per heavy atom. The summed E-state index contributed by atoms with van der Waals surface area (Å²) >= 11 is 5.84. The molecule has 0 aromatic heterocycles. The van der Waals surface area contributed by atoms with Gasteiger partial charge in [0.15, 0.2) is 11.6 Å². The zero-order chi connectivity index (χ0) is 18.0. The van der Waals surface area contributed by atoms with Crippen molar-refractivity contribution >= 4 is 23.0 Å². The van der Waals surface area contributed by atoms with Crippen LogP contribution in [0, 0.1) is 21.7 Å². The van der Waals surface area contributed by atoms with Crippen LogP contribution in [0.4, 0.5) is 20.2 Å². The summed E-state index contributed by atoms with van der Waals surface area (Å²) in [5, 5.41) is 11.5. The molecule has 0 radical (unpaired) electrons. The van der Waals surface area contributed by atoms with E-state index >= 15 is 0 Å². The van der Waals surface area contributed by atoms with Crippen molar-refractivity contribution in [2.24, 2.45) is 0 Å². The first-order valence-electron chi connectivity index (χ1n) is 7.80. The summed E-state index contributed by atoms with van der Waals surface area (Å²) in [6.45, 7) is 2.60. The van der Waals surface area contributed by atoms with E-state index in [1.54, 1.807) is 18.2 Å². The topological polar surface area (TPSA) is 49.6 Å². The van der Waals surface area contributed by atoms with Gasteiger partial charge in [0.25, 0.3) is 5.69 Å². The minimum absolute atomic E-state index is 0.0304. The van der Waals surface area contributed by atoms with Gasteiger partial charge in [0, 0.05) is 49.4 Å². The van der Waals surface area contributed by atoms with E-state index in [-0.39, 0.29) is 5.69 Å². The number of benzene rings is 2. The van der Waals surface area contributed by atoms with Crippen molar-refractivity contribution in [2.75, 3.05) is 31.1 Å². The van der Waals surface area contributed by atoms with Gasteiger partial charge in [-0.25, -0.2) is 8.78 Å². The predicted molar refractivity (Wildman–Crippen MR) is 92.0 cm³/mol. The summed E-state index contributed by atoms with van der Waals surface area (Å²) in [6, 6.07) is 8.75. The third kappa shape index (κ3) is 3.88. The molecule has 132 valence electrons. The zero-order valence-corrected chi connectivity index (χ0v) is 14.0. The Bertz CT molecular complexity index is 795. The normalized spacial score (nSPS) is 15.4. The third-order valence-corrected chi connectivity index (χ3v) is 4.51. The smallest absolute Gasteiger partial charge is 0.294 e. The van der Waals surface area contributed by atoms with Gasteiger partial charge in [-0.15, -0.1) is 0 Å². The maximum Gasteiger partial charge on any atom is 0.294 e. The molecule has 0 amide bonds. The van der Waals surface area contributed by atoms with Crippen LogP contribution in [-0.4, -0.2) is 36.0 Å². The van der Waals surface area contributed by atoms with Crippen LogP contribution in [0.2, 0.25) is 5.02 Å². The summed E-state index contributed by atoms with van der Waals surface area (Å²) in [5.41, 5.74) is 0.800. The molecule has 5 nitrogen and oxygen atoms in total. The fourth-order valence-corrected chi connectivity index (χ4v) is 3.13. The highest BCUT2D eigenvalue weighted by atomic mass is 35.5. The molecule has 1 saturated heterocycles. The minimum atomic E-state index is -0.854. The lowest BCUT2D eigenvalue weighted by Gasteiger charge is -2.35. The van der Waals surface area contributed by atoms with Gasteiger partial charge in [0.1, 0.15) is 5.69 Å². The summed E-state index contributed by atoms with van der Waals surface area (Å²) in [6.07, 6.45) is 0. The second-order valence-electron chi connectivity index (χ2n) is 5.87. The predicted octanol–water partition coefficient (Wildman–Crippen LogP) is 3.85. The molecule has 0 atom stereocenters. The standard InChI is InChI=1S/C17H16ClF2N3O2/c18-13-4-5-15(16(10-13)23(24)25)22-8-6-21(7-9-22)11-12-2-1-3-14(19)17(12)20/h1-5,10H,6-9,11H2. The lowest BCUT2D eigenvalue weighted by atomic mass is 10.1. The maximum atomic E-state index is 13.8. The molecule has 0 saturated carbocycles. The highest BCUT2D eigenvalue weighted by Gasteiger charge is 2.24. The first kappa shape index (κ1) is 17.6. The molecule has 1 fully saturated rings. The monoisotopic (exact) mass is 367 g/mol. The first-order valence-corrected chi connectivity index (χ1v) is 8.17. The molecular formula is C17H16ClF2N3O2. The van der Waals surface area contributed by atoms with Crippen LogP contribution < -0.4 is 4.90 Å². The Kier molecular flexibility index (Phi) is 5.15. The van der Waals surface area contributed by atoms with Crippen LogP contribution in [0.3, 0.4) is 0 Å². The Balaban J connectivity index is 1.68. The van der Waals surface area contributed by atoms with Crippen molar-refractivity contribution < 1.29 is 13.7 Å². The number of nitrogens with zero attached hydrogens (tertiary/aromatic N) is 3. The summed E-state index contributed by atoms with van der Waals surface area (Å²) in [4.78, 5) is 14.7. The number of nitro groups is 1. The van der Waals surface area contributed by atoms with Crippen LogP contribution >= 0.6 is 11.6 Å². The van der Waals surface area contributed by atoms with Crippen molar-refractivity contribution in [1.82, 2.24) is 4.90 Å². The maximum absolute atomic E-state index is 13.8. The number of rotatable bonds is 4. The van der Waals surface area contributed by atoms with Gasteiger partial charge in [-0.05, 0) is 18.2 Å². The lowest BCUT2D eigenvalue weighted by Crippen LogP contribution is -2.46. The van der Waals surface area contributed by atoms with E-state index in [2.05, 4.69) is 0 Å². The van der Waals surface area contributed by atoms with Gasteiger partial charge in [-0.3, -0.25) is 15.0 Å². The van der Waals surface area contributed by atoms with Crippen molar-refractivity contribution in [2.45, 2.75) is 6.54 Å². The molecule has 1 heterocycles. The van der Waals surface area contributed by atoms with Gasteiger partial charge >= 0.3 is 0 Å². The van der Waals surface area contributed by atoms with E-state index in [9.17, 15) is 18.9 Å². The Morgan fingerprint density at radius 3 is 2.52 bits per heavy atom. The molecule has 2 aromatic rings. The molecular weight excluding hydrogens is 352 g/mol. The van der Waals surface area contributed by atoms with Gasteiger partial charge in [-0.2, -0.15) is 0 Å². The van der Waals surface area contributed by atoms with E-state index in [4.69, 9.17) is 11.6 Å². The molecule has 0 unspecified atom stereocenters. The van der Waals surface area contributed by atoms with E-state index in [0.717, 1.165) is 6.07 Å². The van der Waals surface area contributed by atoms with E-state index in [1.165, 1.54) is 12.1 Å². The molecule has 1 aliphatic rings. The Morgan fingerprint density at radius 2 is 1.84 bits per heavy atom. The van der Waals surface area contributed by atoms with Crippen molar-refractivity contribution in [3.8, 4) is 0 Å². The van der Waals surface area contributed by atoms with Gasteiger partial charge in [0.05, 0.1) is 4.92 Å². The summed E-state index contributed by atoms with van der Waals surface area (Å²) < 4.78 is 27.1. The Labute approximate surface area is 148 Å². The zero-order valence-electron chi connectivity index (χ0n) is 13.3. The van der Waals surface area contributed by atoms with Crippen LogP contribution in [0.1, 0.15) is 5.56 Å². The lowest BCUT2D eigenvalue weighted by molar-refractivity contribution is -0.384. The van der Waals surface area contributed by atoms with Crippen molar-refractivity contribution in [3.63, 3.8) is 0 Å². The second kappa shape index (κ2) is 7.33. The largest absolute Gasteiger partial charge is 0.363 e. The van der Waals surface area contributed by atoms with Crippen molar-refractivity contribution in [1.29, 1.82) is 0 Å². The average molecular weight is 368 g/mol. The number of piperazine rings is 1. The minimum Gasteiger partial charge on any atom is -0.363 e. The molecule has 0 bridgehead atoms. The molecule has 1 aliphatic heterocycles. The summed E-state index contributed by atoms with van der Waals surface area (Å²) in [7, 11) is 0. The van der Waals surface area contributed by atoms with Crippen LogP contribution in [0.5, 0.6) is 0 Å².